The molecule has 0 aliphatic rings. The van der Waals surface area contributed by atoms with E-state index in [2.05, 4.69) is 156 Å². The van der Waals surface area contributed by atoms with E-state index < -0.39 is 0 Å². The summed E-state index contributed by atoms with van der Waals surface area (Å²) in [7, 11) is 0. The van der Waals surface area contributed by atoms with Crippen molar-refractivity contribution >= 4 is 17.4 Å². The van der Waals surface area contributed by atoms with E-state index in [-0.39, 0.29) is 10.8 Å². The third-order valence-electron chi connectivity index (χ3n) is 9.81. The van der Waals surface area contributed by atoms with Crippen LogP contribution in [0.25, 0.3) is 11.1 Å². The van der Waals surface area contributed by atoms with Crippen LogP contribution in [0.3, 0.4) is 0 Å². The number of benzene rings is 4. The number of hydrogen-bond donors (Lipinski definition) is 2. The van der Waals surface area contributed by atoms with Gasteiger partial charge in [0.1, 0.15) is 11.7 Å². The third kappa shape index (κ3) is 6.83. The van der Waals surface area contributed by atoms with Gasteiger partial charge in [0.25, 0.3) is 0 Å². The Morgan fingerprint density at radius 3 is 1.69 bits per heavy atom. The SMILES string of the molecule is CCC(C)(c1cc(-c2cc(C)cc(C)c2)ccc1C(=N)N(C(=N)c1c(C)cc(C)cc1C)c1ccc(C(C)(C)C)cc1)C(C)C. The molecule has 3 nitrogen and oxygen atoms in total. The van der Waals surface area contributed by atoms with Crippen molar-refractivity contribution in [2.45, 2.75) is 100 Å². The van der Waals surface area contributed by atoms with Gasteiger partial charge >= 0.3 is 0 Å². The number of hydrogen-bond acceptors (Lipinski definition) is 2. The Morgan fingerprint density at radius 2 is 1.20 bits per heavy atom. The summed E-state index contributed by atoms with van der Waals surface area (Å²) in [5, 5.41) is 19.6. The molecule has 4 aromatic carbocycles. The van der Waals surface area contributed by atoms with Gasteiger partial charge in [-0.1, -0.05) is 120 Å². The predicted molar refractivity (Wildman–Crippen MR) is 196 cm³/mol. The van der Waals surface area contributed by atoms with Crippen molar-refractivity contribution in [2.75, 3.05) is 4.90 Å². The van der Waals surface area contributed by atoms with Gasteiger partial charge in [-0.25, -0.2) is 0 Å². The van der Waals surface area contributed by atoms with E-state index in [1.54, 1.807) is 0 Å². The fourth-order valence-electron chi connectivity index (χ4n) is 6.72. The van der Waals surface area contributed by atoms with Crippen molar-refractivity contribution in [3.8, 4) is 11.1 Å². The number of nitrogens with one attached hydrogen (secondary N) is 2. The van der Waals surface area contributed by atoms with Crippen molar-refractivity contribution in [1.82, 2.24) is 0 Å². The Morgan fingerprint density at radius 1 is 0.667 bits per heavy atom. The Kier molecular flexibility index (Phi) is 9.64. The molecule has 0 saturated carbocycles. The second-order valence-corrected chi connectivity index (χ2v) is 14.7. The molecule has 236 valence electrons. The van der Waals surface area contributed by atoms with Crippen molar-refractivity contribution in [2.24, 2.45) is 5.92 Å². The van der Waals surface area contributed by atoms with Crippen molar-refractivity contribution in [3.05, 3.63) is 123 Å². The molecule has 0 aliphatic heterocycles. The van der Waals surface area contributed by atoms with E-state index in [1.165, 1.54) is 27.8 Å². The van der Waals surface area contributed by atoms with Gasteiger partial charge in [0.15, 0.2) is 0 Å². The summed E-state index contributed by atoms with van der Waals surface area (Å²) in [5.41, 5.74) is 12.9. The molecule has 0 amide bonds. The lowest BCUT2D eigenvalue weighted by molar-refractivity contribution is 0.326. The average molecular weight is 600 g/mol. The van der Waals surface area contributed by atoms with Crippen LogP contribution in [-0.2, 0) is 10.8 Å². The zero-order chi connectivity index (χ0) is 33.4. The minimum atomic E-state index is -0.170. The summed E-state index contributed by atoms with van der Waals surface area (Å²) < 4.78 is 0. The molecule has 4 rings (SSSR count). The molecule has 45 heavy (non-hydrogen) atoms. The number of nitrogens with zero attached hydrogens (tertiary/aromatic N) is 1. The van der Waals surface area contributed by atoms with E-state index >= 15 is 0 Å². The summed E-state index contributed by atoms with van der Waals surface area (Å²) in [6, 6.07) is 26.0. The van der Waals surface area contributed by atoms with Gasteiger partial charge in [0, 0.05) is 16.8 Å². The molecular weight excluding hydrogens is 546 g/mol. The Balaban J connectivity index is 1.99. The first-order valence-corrected chi connectivity index (χ1v) is 16.4. The summed E-state index contributed by atoms with van der Waals surface area (Å²) in [6.45, 7) is 26.3. The van der Waals surface area contributed by atoms with Crippen LogP contribution in [0.4, 0.5) is 5.69 Å². The molecule has 1 atom stereocenters. The Bertz CT molecular complexity index is 1690. The van der Waals surface area contributed by atoms with Crippen LogP contribution in [0.5, 0.6) is 0 Å². The fraction of sp³-hybridized carbons (Fsp3) is 0.381. The first kappa shape index (κ1) is 33.9. The highest BCUT2D eigenvalue weighted by Crippen LogP contribution is 2.40. The van der Waals surface area contributed by atoms with Crippen LogP contribution in [-0.4, -0.2) is 11.7 Å². The summed E-state index contributed by atoms with van der Waals surface area (Å²) >= 11 is 0. The molecule has 0 fully saturated rings. The monoisotopic (exact) mass is 599 g/mol. The molecule has 0 aromatic heterocycles. The van der Waals surface area contributed by atoms with E-state index in [0.717, 1.165) is 45.5 Å². The van der Waals surface area contributed by atoms with Crippen LogP contribution in [0.1, 0.15) is 105 Å². The molecule has 0 spiro atoms. The topological polar surface area (TPSA) is 50.9 Å². The third-order valence-corrected chi connectivity index (χ3v) is 9.81. The summed E-state index contributed by atoms with van der Waals surface area (Å²) in [5.74, 6) is 1.000. The van der Waals surface area contributed by atoms with Crippen LogP contribution in [0, 0.1) is 51.4 Å². The van der Waals surface area contributed by atoms with Gasteiger partial charge in [-0.05, 0) is 109 Å². The maximum absolute atomic E-state index is 9.93. The molecule has 1 unspecified atom stereocenters. The van der Waals surface area contributed by atoms with Crippen molar-refractivity contribution < 1.29 is 0 Å². The molecule has 0 saturated heterocycles. The zero-order valence-electron chi connectivity index (χ0n) is 29.7. The van der Waals surface area contributed by atoms with E-state index in [9.17, 15) is 10.8 Å². The molecule has 0 aliphatic carbocycles. The van der Waals surface area contributed by atoms with Crippen LogP contribution in [0.15, 0.2) is 72.8 Å². The zero-order valence-corrected chi connectivity index (χ0v) is 29.7. The van der Waals surface area contributed by atoms with E-state index in [1.807, 2.05) is 4.90 Å². The summed E-state index contributed by atoms with van der Waals surface area (Å²) in [4.78, 5) is 1.85. The molecule has 0 bridgehead atoms. The number of rotatable bonds is 7. The van der Waals surface area contributed by atoms with Crippen LogP contribution in [0.2, 0.25) is 0 Å². The lowest BCUT2D eigenvalue weighted by Crippen LogP contribution is -2.40. The number of anilines is 1. The quantitative estimate of drug-likeness (QED) is 0.161. The van der Waals surface area contributed by atoms with Gasteiger partial charge in [-0.3, -0.25) is 15.7 Å². The van der Waals surface area contributed by atoms with Gasteiger partial charge in [-0.2, -0.15) is 0 Å². The largest absolute Gasteiger partial charge is 0.283 e. The van der Waals surface area contributed by atoms with Gasteiger partial charge in [-0.15, -0.1) is 0 Å². The molecule has 4 aromatic rings. The van der Waals surface area contributed by atoms with Gasteiger partial charge in [0.05, 0.1) is 0 Å². The molecule has 0 radical (unpaired) electrons. The molecule has 3 heteroatoms. The number of aryl methyl sites for hydroxylation is 5. The lowest BCUT2D eigenvalue weighted by atomic mass is 9.69. The average Bonchev–Trinajstić information content (AvgIpc) is 2.95. The van der Waals surface area contributed by atoms with Crippen molar-refractivity contribution in [1.29, 1.82) is 10.8 Å². The molecular formula is C42H53N3. The fourth-order valence-corrected chi connectivity index (χ4v) is 6.72. The smallest absolute Gasteiger partial charge is 0.138 e. The highest BCUT2D eigenvalue weighted by Gasteiger charge is 2.34. The van der Waals surface area contributed by atoms with Gasteiger partial charge in [0.2, 0.25) is 0 Å². The first-order valence-electron chi connectivity index (χ1n) is 16.4. The minimum absolute atomic E-state index is 0.00582. The normalized spacial score (nSPS) is 13.1. The molecule has 0 heterocycles. The Hall–Kier alpha value is -3.98. The second-order valence-electron chi connectivity index (χ2n) is 14.7. The van der Waals surface area contributed by atoms with Crippen LogP contribution >= 0.6 is 0 Å². The molecule has 2 N–H and O–H groups in total. The highest BCUT2D eigenvalue weighted by molar-refractivity contribution is 6.28. The second kappa shape index (κ2) is 12.8. The van der Waals surface area contributed by atoms with Gasteiger partial charge < -0.3 is 0 Å². The standard InChI is InChI=1S/C42H53N3/c1-13-42(12,26(2)3)37-25-32(33-23-27(4)20-28(5)24-33)14-19-36(37)39(43)45(35-17-15-34(16-18-35)41(9,10)11)40(44)38-30(7)21-29(6)22-31(38)8/h14-26,43-44H,13H2,1-12H3. The lowest BCUT2D eigenvalue weighted by Gasteiger charge is -2.37. The summed E-state index contributed by atoms with van der Waals surface area (Å²) in [6.07, 6.45) is 0.940. The number of amidine groups is 2. The Labute approximate surface area is 272 Å². The first-order chi connectivity index (χ1) is 21.0. The van der Waals surface area contributed by atoms with Crippen LogP contribution < -0.4 is 4.90 Å². The van der Waals surface area contributed by atoms with Crippen molar-refractivity contribution in [3.63, 3.8) is 0 Å². The van der Waals surface area contributed by atoms with E-state index in [4.69, 9.17) is 0 Å². The maximum atomic E-state index is 9.93. The highest BCUT2D eigenvalue weighted by atomic mass is 15.2. The predicted octanol–water partition coefficient (Wildman–Crippen LogP) is 11.4. The van der Waals surface area contributed by atoms with E-state index in [0.29, 0.717) is 17.6 Å². The maximum Gasteiger partial charge on any atom is 0.138 e. The minimum Gasteiger partial charge on any atom is -0.283 e.